The van der Waals surface area contributed by atoms with Gasteiger partial charge in [-0.05, 0) is 61.1 Å². The van der Waals surface area contributed by atoms with Crippen LogP contribution >= 0.6 is 0 Å². The molecule has 136 valence electrons. The van der Waals surface area contributed by atoms with Crippen molar-refractivity contribution >= 4 is 5.69 Å². The lowest BCUT2D eigenvalue weighted by atomic mass is 9.90. The predicted octanol–water partition coefficient (Wildman–Crippen LogP) is 3.53. The molecule has 0 amide bonds. The molecule has 2 heterocycles. The molecule has 1 atom stereocenters. The average Bonchev–Trinajstić information content (AvgIpc) is 3.31. The molecule has 1 N–H and O–H groups in total. The molecule has 0 aromatic heterocycles. The summed E-state index contributed by atoms with van der Waals surface area (Å²) in [7, 11) is 0. The maximum Gasteiger partial charge on any atom is 0.0441 e. The van der Waals surface area contributed by atoms with Crippen LogP contribution in [0.25, 0.3) is 0 Å². The number of benzene rings is 2. The number of anilines is 1. The number of aryl methyl sites for hydroxylation is 1. The third-order valence-corrected chi connectivity index (χ3v) is 6.66. The molecule has 3 aliphatic rings. The Labute approximate surface area is 157 Å². The van der Waals surface area contributed by atoms with E-state index in [1.165, 1.54) is 43.5 Å². The van der Waals surface area contributed by atoms with E-state index in [1.807, 2.05) is 0 Å². The Bertz CT molecular complexity index is 756. The molecule has 2 aromatic rings. The van der Waals surface area contributed by atoms with E-state index in [1.54, 1.807) is 11.1 Å². The van der Waals surface area contributed by atoms with Gasteiger partial charge in [-0.15, -0.1) is 0 Å². The normalized spacial score (nSPS) is 25.8. The van der Waals surface area contributed by atoms with Crippen molar-refractivity contribution in [1.82, 2.24) is 10.2 Å². The zero-order valence-corrected chi connectivity index (χ0v) is 15.6. The van der Waals surface area contributed by atoms with Crippen molar-refractivity contribution in [2.75, 3.05) is 37.6 Å². The summed E-state index contributed by atoms with van der Waals surface area (Å²) in [4.78, 5) is 5.17. The second kappa shape index (κ2) is 6.71. The van der Waals surface area contributed by atoms with Crippen LogP contribution in [0.4, 0.5) is 5.69 Å². The summed E-state index contributed by atoms with van der Waals surface area (Å²) >= 11 is 0. The van der Waals surface area contributed by atoms with Crippen LogP contribution in [-0.2, 0) is 18.5 Å². The molecule has 2 aliphatic heterocycles. The van der Waals surface area contributed by atoms with Crippen LogP contribution in [0.5, 0.6) is 0 Å². The fourth-order valence-corrected chi connectivity index (χ4v) is 5.16. The van der Waals surface area contributed by atoms with E-state index in [4.69, 9.17) is 0 Å². The molecule has 3 heteroatoms. The Morgan fingerprint density at radius 3 is 2.54 bits per heavy atom. The van der Waals surface area contributed by atoms with Gasteiger partial charge in [0.2, 0.25) is 0 Å². The first kappa shape index (κ1) is 16.3. The SMILES string of the molecule is c1ccc(CN2CCN(c3ccc4c(c3)C3(CCCN3)CC4)CC2)cc1. The zero-order chi connectivity index (χ0) is 17.4. The van der Waals surface area contributed by atoms with Crippen LogP contribution < -0.4 is 10.2 Å². The number of nitrogens with zero attached hydrogens (tertiary/aromatic N) is 2. The fourth-order valence-electron chi connectivity index (χ4n) is 5.16. The van der Waals surface area contributed by atoms with Gasteiger partial charge in [-0.25, -0.2) is 0 Å². The minimum absolute atomic E-state index is 0.292. The van der Waals surface area contributed by atoms with Gasteiger partial charge in [0.05, 0.1) is 0 Å². The summed E-state index contributed by atoms with van der Waals surface area (Å²) in [5, 5.41) is 3.83. The predicted molar refractivity (Wildman–Crippen MR) is 108 cm³/mol. The molecule has 2 fully saturated rings. The first-order valence-electron chi connectivity index (χ1n) is 10.2. The van der Waals surface area contributed by atoms with Gasteiger partial charge in [-0.2, -0.15) is 0 Å². The zero-order valence-electron chi connectivity index (χ0n) is 15.6. The van der Waals surface area contributed by atoms with Crippen LogP contribution in [0.3, 0.4) is 0 Å². The molecule has 2 aromatic carbocycles. The van der Waals surface area contributed by atoms with Crippen LogP contribution in [0.1, 0.15) is 36.0 Å². The smallest absolute Gasteiger partial charge is 0.0441 e. The Balaban J connectivity index is 1.27. The first-order valence-corrected chi connectivity index (χ1v) is 10.2. The van der Waals surface area contributed by atoms with Crippen LogP contribution in [-0.4, -0.2) is 37.6 Å². The topological polar surface area (TPSA) is 18.5 Å². The van der Waals surface area contributed by atoms with Gasteiger partial charge < -0.3 is 10.2 Å². The van der Waals surface area contributed by atoms with Crippen molar-refractivity contribution in [3.05, 3.63) is 65.2 Å². The van der Waals surface area contributed by atoms with Gasteiger partial charge in [0.25, 0.3) is 0 Å². The number of piperazine rings is 1. The maximum absolute atomic E-state index is 3.83. The summed E-state index contributed by atoms with van der Waals surface area (Å²) in [5.74, 6) is 0. The molecular weight excluding hydrogens is 318 g/mol. The molecule has 1 unspecified atom stereocenters. The maximum atomic E-state index is 3.83. The van der Waals surface area contributed by atoms with E-state index in [-0.39, 0.29) is 0 Å². The summed E-state index contributed by atoms with van der Waals surface area (Å²) in [6.45, 7) is 6.82. The van der Waals surface area contributed by atoms with Crippen molar-refractivity contribution in [1.29, 1.82) is 0 Å². The van der Waals surface area contributed by atoms with Gasteiger partial charge in [-0.3, -0.25) is 4.90 Å². The molecule has 5 rings (SSSR count). The second-order valence-corrected chi connectivity index (χ2v) is 8.20. The van der Waals surface area contributed by atoms with Crippen molar-refractivity contribution in [2.45, 2.75) is 37.8 Å². The van der Waals surface area contributed by atoms with E-state index in [0.29, 0.717) is 5.54 Å². The van der Waals surface area contributed by atoms with Gasteiger partial charge in [0.15, 0.2) is 0 Å². The lowest BCUT2D eigenvalue weighted by Crippen LogP contribution is -2.46. The van der Waals surface area contributed by atoms with Crippen molar-refractivity contribution in [2.24, 2.45) is 0 Å². The Morgan fingerprint density at radius 2 is 1.77 bits per heavy atom. The van der Waals surface area contributed by atoms with Crippen LogP contribution in [0.2, 0.25) is 0 Å². The lowest BCUT2D eigenvalue weighted by molar-refractivity contribution is 0.250. The molecular formula is C23H29N3. The molecule has 26 heavy (non-hydrogen) atoms. The molecule has 3 nitrogen and oxygen atoms in total. The fraction of sp³-hybridized carbons (Fsp3) is 0.478. The molecule has 0 bridgehead atoms. The standard InChI is InChI=1S/C23H29N3/c1-2-5-19(6-3-1)18-25-13-15-26(16-14-25)21-8-7-20-9-11-23(22(20)17-21)10-4-12-24-23/h1-3,5-8,17,24H,4,9-16,18H2. The molecule has 0 radical (unpaired) electrons. The largest absolute Gasteiger partial charge is 0.369 e. The average molecular weight is 348 g/mol. The third-order valence-electron chi connectivity index (χ3n) is 6.66. The Kier molecular flexibility index (Phi) is 4.22. The van der Waals surface area contributed by atoms with Crippen LogP contribution in [0, 0.1) is 0 Å². The number of fused-ring (bicyclic) bond motifs is 2. The minimum atomic E-state index is 0.292. The third kappa shape index (κ3) is 2.93. The van der Waals surface area contributed by atoms with Gasteiger partial charge >= 0.3 is 0 Å². The first-order chi connectivity index (χ1) is 12.8. The molecule has 1 aliphatic carbocycles. The van der Waals surface area contributed by atoms with Crippen molar-refractivity contribution in [3.63, 3.8) is 0 Å². The Morgan fingerprint density at radius 1 is 0.923 bits per heavy atom. The van der Waals surface area contributed by atoms with Gasteiger partial charge in [-0.1, -0.05) is 36.4 Å². The highest BCUT2D eigenvalue weighted by atomic mass is 15.3. The van der Waals surface area contributed by atoms with Crippen molar-refractivity contribution < 1.29 is 0 Å². The number of hydrogen-bond acceptors (Lipinski definition) is 3. The summed E-state index contributed by atoms with van der Waals surface area (Å²) < 4.78 is 0. The van der Waals surface area contributed by atoms with Gasteiger partial charge in [0, 0.05) is 44.0 Å². The highest BCUT2D eigenvalue weighted by molar-refractivity contribution is 5.55. The quantitative estimate of drug-likeness (QED) is 0.916. The number of hydrogen-bond donors (Lipinski definition) is 1. The monoisotopic (exact) mass is 347 g/mol. The van der Waals surface area contributed by atoms with E-state index in [2.05, 4.69) is 63.6 Å². The minimum Gasteiger partial charge on any atom is -0.369 e. The lowest BCUT2D eigenvalue weighted by Gasteiger charge is -2.37. The van der Waals surface area contributed by atoms with E-state index >= 15 is 0 Å². The highest BCUT2D eigenvalue weighted by Crippen LogP contribution is 2.44. The number of rotatable bonds is 3. The molecule has 1 spiro atoms. The molecule has 2 saturated heterocycles. The van der Waals surface area contributed by atoms with Crippen molar-refractivity contribution in [3.8, 4) is 0 Å². The summed E-state index contributed by atoms with van der Waals surface area (Å²) in [6, 6.07) is 18.1. The van der Waals surface area contributed by atoms with E-state index in [9.17, 15) is 0 Å². The molecule has 0 saturated carbocycles. The van der Waals surface area contributed by atoms with Crippen LogP contribution in [0.15, 0.2) is 48.5 Å². The Hall–Kier alpha value is -1.84. The van der Waals surface area contributed by atoms with E-state index in [0.717, 1.165) is 32.7 Å². The van der Waals surface area contributed by atoms with E-state index < -0.39 is 0 Å². The number of nitrogens with one attached hydrogen (secondary N) is 1. The second-order valence-electron chi connectivity index (χ2n) is 8.20. The van der Waals surface area contributed by atoms with Gasteiger partial charge in [0.1, 0.15) is 0 Å². The highest BCUT2D eigenvalue weighted by Gasteiger charge is 2.40. The summed E-state index contributed by atoms with van der Waals surface area (Å²) in [5.41, 5.74) is 6.32. The summed E-state index contributed by atoms with van der Waals surface area (Å²) in [6.07, 6.45) is 5.17.